The van der Waals surface area contributed by atoms with Crippen molar-refractivity contribution in [2.75, 3.05) is 24.2 Å². The third-order valence-corrected chi connectivity index (χ3v) is 6.20. The maximum absolute atomic E-state index is 12.3. The van der Waals surface area contributed by atoms with Gasteiger partial charge in [0, 0.05) is 18.2 Å². The van der Waals surface area contributed by atoms with Crippen LogP contribution in [0, 0.1) is 0 Å². The standard InChI is InChI=1S/C16H16Cl2N4O3S2/c17-9-3-4-11(12(18)6-9)14(24)20-15-21-22-16(27-15)26-8-13(23)19-7-10-2-1-5-25-10/h3-4,6,10H,1-2,5,7-8H2,(H,19,23)(H,20,21,24)/t10-/m0/s1. The van der Waals surface area contributed by atoms with Crippen molar-refractivity contribution in [1.82, 2.24) is 15.5 Å². The highest BCUT2D eigenvalue weighted by Crippen LogP contribution is 2.27. The zero-order valence-corrected chi connectivity index (χ0v) is 17.2. The van der Waals surface area contributed by atoms with Gasteiger partial charge >= 0.3 is 0 Å². The largest absolute Gasteiger partial charge is 0.376 e. The van der Waals surface area contributed by atoms with Crippen LogP contribution in [0.2, 0.25) is 10.0 Å². The third kappa shape index (κ3) is 6.05. The number of amides is 2. The lowest BCUT2D eigenvalue weighted by atomic mass is 10.2. The zero-order chi connectivity index (χ0) is 19.2. The molecule has 1 atom stereocenters. The maximum atomic E-state index is 12.3. The second kappa shape index (κ2) is 9.70. The van der Waals surface area contributed by atoms with Crippen molar-refractivity contribution in [1.29, 1.82) is 0 Å². The minimum absolute atomic E-state index is 0.0933. The van der Waals surface area contributed by atoms with E-state index in [0.29, 0.717) is 26.6 Å². The summed E-state index contributed by atoms with van der Waals surface area (Å²) in [7, 11) is 0. The molecule has 1 aromatic carbocycles. The minimum Gasteiger partial charge on any atom is -0.376 e. The molecule has 2 amide bonds. The van der Waals surface area contributed by atoms with E-state index in [1.807, 2.05) is 0 Å². The molecular formula is C16H16Cl2N4O3S2. The molecule has 0 aliphatic carbocycles. The molecule has 27 heavy (non-hydrogen) atoms. The lowest BCUT2D eigenvalue weighted by molar-refractivity contribution is -0.119. The number of ether oxygens (including phenoxy) is 1. The SMILES string of the molecule is O=C(CSc1nnc(NC(=O)c2ccc(Cl)cc2Cl)s1)NC[C@@H]1CCCO1. The van der Waals surface area contributed by atoms with E-state index >= 15 is 0 Å². The van der Waals surface area contributed by atoms with Crippen LogP contribution in [-0.2, 0) is 9.53 Å². The summed E-state index contributed by atoms with van der Waals surface area (Å²) in [5.41, 5.74) is 0.291. The normalized spacial score (nSPS) is 16.3. The molecule has 1 saturated heterocycles. The van der Waals surface area contributed by atoms with E-state index in [-0.39, 0.29) is 22.8 Å². The Labute approximate surface area is 174 Å². The zero-order valence-electron chi connectivity index (χ0n) is 14.0. The summed E-state index contributed by atoms with van der Waals surface area (Å²) in [6, 6.07) is 4.61. The number of anilines is 1. The van der Waals surface area contributed by atoms with Crippen LogP contribution in [0.15, 0.2) is 22.5 Å². The number of thioether (sulfide) groups is 1. The summed E-state index contributed by atoms with van der Waals surface area (Å²) in [6.45, 7) is 1.29. The van der Waals surface area contributed by atoms with Crippen LogP contribution in [0.5, 0.6) is 0 Å². The lowest BCUT2D eigenvalue weighted by Crippen LogP contribution is -2.32. The van der Waals surface area contributed by atoms with Crippen molar-refractivity contribution in [3.63, 3.8) is 0 Å². The van der Waals surface area contributed by atoms with Crippen molar-refractivity contribution in [3.05, 3.63) is 33.8 Å². The first-order valence-corrected chi connectivity index (χ1v) is 10.7. The van der Waals surface area contributed by atoms with Crippen molar-refractivity contribution >= 4 is 63.2 Å². The van der Waals surface area contributed by atoms with Crippen LogP contribution in [-0.4, -0.2) is 47.0 Å². The van der Waals surface area contributed by atoms with Crippen LogP contribution >= 0.6 is 46.3 Å². The number of aromatic nitrogens is 2. The predicted octanol–water partition coefficient (Wildman–Crippen LogP) is 3.48. The number of hydrogen-bond donors (Lipinski definition) is 2. The molecule has 11 heteroatoms. The Balaban J connectivity index is 1.46. The first-order valence-electron chi connectivity index (χ1n) is 8.12. The number of nitrogens with zero attached hydrogens (tertiary/aromatic N) is 2. The molecule has 0 radical (unpaired) electrons. The van der Waals surface area contributed by atoms with Crippen molar-refractivity contribution < 1.29 is 14.3 Å². The van der Waals surface area contributed by atoms with Crippen molar-refractivity contribution in [3.8, 4) is 0 Å². The molecule has 144 valence electrons. The predicted molar refractivity (Wildman–Crippen MR) is 107 cm³/mol. The van der Waals surface area contributed by atoms with E-state index in [0.717, 1.165) is 19.4 Å². The van der Waals surface area contributed by atoms with Crippen molar-refractivity contribution in [2.24, 2.45) is 0 Å². The first-order chi connectivity index (χ1) is 13.0. The van der Waals surface area contributed by atoms with Gasteiger partial charge in [-0.2, -0.15) is 0 Å². The van der Waals surface area contributed by atoms with E-state index in [1.165, 1.54) is 35.2 Å². The highest BCUT2D eigenvalue weighted by molar-refractivity contribution is 8.01. The molecule has 1 aromatic heterocycles. The van der Waals surface area contributed by atoms with Gasteiger partial charge in [0.1, 0.15) is 0 Å². The molecule has 3 rings (SSSR count). The third-order valence-electron chi connectivity index (χ3n) is 3.68. The highest BCUT2D eigenvalue weighted by atomic mass is 35.5. The summed E-state index contributed by atoms with van der Waals surface area (Å²) in [6.07, 6.45) is 2.13. The molecule has 0 saturated carbocycles. The van der Waals surface area contributed by atoms with Gasteiger partial charge in [0.05, 0.1) is 22.4 Å². The van der Waals surface area contributed by atoms with Crippen LogP contribution in [0.25, 0.3) is 0 Å². The smallest absolute Gasteiger partial charge is 0.259 e. The Kier molecular flexibility index (Phi) is 7.31. The van der Waals surface area contributed by atoms with Gasteiger partial charge in [-0.05, 0) is 31.0 Å². The molecule has 1 aliphatic rings. The monoisotopic (exact) mass is 446 g/mol. The average molecular weight is 447 g/mol. The molecule has 0 bridgehead atoms. The average Bonchev–Trinajstić information content (AvgIpc) is 3.30. The molecular weight excluding hydrogens is 431 g/mol. The minimum atomic E-state index is -0.404. The van der Waals surface area contributed by atoms with Gasteiger partial charge in [0.15, 0.2) is 4.34 Å². The molecule has 7 nitrogen and oxygen atoms in total. The molecule has 2 N–H and O–H groups in total. The van der Waals surface area contributed by atoms with Crippen LogP contribution in [0.4, 0.5) is 5.13 Å². The molecule has 1 fully saturated rings. The van der Waals surface area contributed by atoms with E-state index in [2.05, 4.69) is 20.8 Å². The quantitative estimate of drug-likeness (QED) is 0.499. The van der Waals surface area contributed by atoms with Gasteiger partial charge in [-0.3, -0.25) is 14.9 Å². The van der Waals surface area contributed by atoms with Crippen LogP contribution in [0.1, 0.15) is 23.2 Å². The number of rotatable bonds is 7. The van der Waals surface area contributed by atoms with Gasteiger partial charge < -0.3 is 10.1 Å². The number of halogens is 2. The highest BCUT2D eigenvalue weighted by Gasteiger charge is 2.17. The lowest BCUT2D eigenvalue weighted by Gasteiger charge is -2.09. The number of nitrogens with one attached hydrogen (secondary N) is 2. The second-order valence-corrected chi connectivity index (χ2v) is 8.72. The summed E-state index contributed by atoms with van der Waals surface area (Å²) in [4.78, 5) is 24.1. The van der Waals surface area contributed by atoms with Crippen LogP contribution in [0.3, 0.4) is 0 Å². The number of carbonyl (C=O) groups excluding carboxylic acids is 2. The maximum Gasteiger partial charge on any atom is 0.259 e. The second-order valence-electron chi connectivity index (χ2n) is 5.68. The van der Waals surface area contributed by atoms with Gasteiger partial charge in [-0.1, -0.05) is 46.3 Å². The fraction of sp³-hybridized carbons (Fsp3) is 0.375. The molecule has 0 spiro atoms. The van der Waals surface area contributed by atoms with E-state index < -0.39 is 5.91 Å². The Morgan fingerprint density at radius 2 is 2.19 bits per heavy atom. The number of carbonyl (C=O) groups is 2. The van der Waals surface area contributed by atoms with Gasteiger partial charge in [-0.25, -0.2) is 0 Å². The van der Waals surface area contributed by atoms with E-state index in [4.69, 9.17) is 27.9 Å². The number of benzene rings is 1. The fourth-order valence-corrected chi connectivity index (χ4v) is 4.44. The molecule has 2 heterocycles. The summed E-state index contributed by atoms with van der Waals surface area (Å²) in [5.74, 6) is -0.277. The van der Waals surface area contributed by atoms with E-state index in [1.54, 1.807) is 6.07 Å². The Bertz CT molecular complexity index is 828. The van der Waals surface area contributed by atoms with Gasteiger partial charge in [0.25, 0.3) is 5.91 Å². The molecule has 0 unspecified atom stereocenters. The van der Waals surface area contributed by atoms with Gasteiger partial charge in [-0.15, -0.1) is 10.2 Å². The Morgan fingerprint density at radius 1 is 1.33 bits per heavy atom. The summed E-state index contributed by atoms with van der Waals surface area (Å²) < 4.78 is 6.04. The molecule has 2 aromatic rings. The Morgan fingerprint density at radius 3 is 2.93 bits per heavy atom. The topological polar surface area (TPSA) is 93.2 Å². The summed E-state index contributed by atoms with van der Waals surface area (Å²) in [5, 5.41) is 14.4. The Hall–Kier alpha value is -1.39. The van der Waals surface area contributed by atoms with E-state index in [9.17, 15) is 9.59 Å². The van der Waals surface area contributed by atoms with Crippen molar-refractivity contribution in [2.45, 2.75) is 23.3 Å². The van der Waals surface area contributed by atoms with Gasteiger partial charge in [0.2, 0.25) is 11.0 Å². The number of hydrogen-bond acceptors (Lipinski definition) is 7. The first kappa shape index (κ1) is 20.3. The fourth-order valence-electron chi connectivity index (χ4n) is 2.37. The van der Waals surface area contributed by atoms with Crippen LogP contribution < -0.4 is 10.6 Å². The molecule has 1 aliphatic heterocycles. The summed E-state index contributed by atoms with van der Waals surface area (Å²) >= 11 is 14.3.